The summed E-state index contributed by atoms with van der Waals surface area (Å²) < 4.78 is 120. The zero-order chi connectivity index (χ0) is 39.5. The molecule has 54 heavy (non-hydrogen) atoms. The summed E-state index contributed by atoms with van der Waals surface area (Å²) >= 11 is 0. The highest BCUT2D eigenvalue weighted by molar-refractivity contribution is 7.89. The van der Waals surface area contributed by atoms with Gasteiger partial charge in [0, 0.05) is 11.1 Å². The van der Waals surface area contributed by atoms with Crippen LogP contribution in [-0.2, 0) is 20.0 Å². The van der Waals surface area contributed by atoms with Gasteiger partial charge in [-0.1, -0.05) is 30.3 Å². The van der Waals surface area contributed by atoms with E-state index in [1.54, 1.807) is 6.07 Å². The summed E-state index contributed by atoms with van der Waals surface area (Å²) in [7, 11) is -6.78. The number of para-hydroxylation sites is 1. The van der Waals surface area contributed by atoms with Crippen LogP contribution < -0.4 is 15.0 Å². The lowest BCUT2D eigenvalue weighted by atomic mass is 10.0. The third-order valence-electron chi connectivity index (χ3n) is 7.59. The standard InChI is InChI=1S/C17H14F3N3O3S.C17H13F2N3O4S/c1-26-15-7-6-10(8-11(15)18)14-9-12(17(19)20)22-23(14)13-4-2-3-5-16(13)27(21,24)25;18-16(19)14-9-15(12-3-1-2-4-13(12)17(23)24)22(21-14)10-5-7-11(8-6-10)27(20,25)26/h2-9,17H,1H3,(H2,21,24,25);1-9,16H,(H,23,24)(H2,20,25,26). The smallest absolute Gasteiger partial charge is 0.336 e. The molecule has 0 radical (unpaired) electrons. The minimum atomic E-state index is -4.15. The maximum absolute atomic E-state index is 14.1. The number of carboxylic acids is 1. The first-order valence-electron chi connectivity index (χ1n) is 15.1. The van der Waals surface area contributed by atoms with Crippen molar-refractivity contribution in [1.29, 1.82) is 0 Å². The van der Waals surface area contributed by atoms with Gasteiger partial charge in [-0.05, 0) is 72.8 Å². The predicted molar refractivity (Wildman–Crippen MR) is 184 cm³/mol. The Hall–Kier alpha value is -5.96. The Morgan fingerprint density at radius 3 is 1.87 bits per heavy atom. The Bertz CT molecular complexity index is 2560. The van der Waals surface area contributed by atoms with Crippen LogP contribution in [0.1, 0.15) is 34.6 Å². The third kappa shape index (κ3) is 8.46. The summed E-state index contributed by atoms with van der Waals surface area (Å²) in [6.07, 6.45) is -5.78. The van der Waals surface area contributed by atoms with Crippen LogP contribution in [0, 0.1) is 5.82 Å². The number of nitrogens with zero attached hydrogens (tertiary/aromatic N) is 4. The first kappa shape index (κ1) is 39.3. The zero-order valence-corrected chi connectivity index (χ0v) is 29.1. The highest BCUT2D eigenvalue weighted by Gasteiger charge is 2.24. The van der Waals surface area contributed by atoms with Crippen molar-refractivity contribution in [2.24, 2.45) is 10.3 Å². The molecule has 2 aromatic heterocycles. The Balaban J connectivity index is 0.000000208. The maximum atomic E-state index is 14.1. The molecule has 0 saturated carbocycles. The number of primary sulfonamides is 2. The normalized spacial score (nSPS) is 11.7. The summed E-state index contributed by atoms with van der Waals surface area (Å²) in [6, 6.07) is 22.6. The van der Waals surface area contributed by atoms with Crippen LogP contribution in [0.5, 0.6) is 5.75 Å². The number of rotatable bonds is 10. The van der Waals surface area contributed by atoms with E-state index in [1.807, 2.05) is 0 Å². The van der Waals surface area contributed by atoms with Crippen molar-refractivity contribution in [2.45, 2.75) is 22.6 Å². The minimum Gasteiger partial charge on any atom is -0.494 e. The number of benzene rings is 4. The van der Waals surface area contributed by atoms with Gasteiger partial charge >= 0.3 is 5.97 Å². The van der Waals surface area contributed by atoms with Gasteiger partial charge in [-0.3, -0.25) is 0 Å². The van der Waals surface area contributed by atoms with Gasteiger partial charge in [0.05, 0.1) is 40.3 Å². The molecule has 0 unspecified atom stereocenters. The van der Waals surface area contributed by atoms with Gasteiger partial charge in [-0.2, -0.15) is 10.2 Å². The Morgan fingerprint density at radius 1 is 0.741 bits per heavy atom. The summed E-state index contributed by atoms with van der Waals surface area (Å²) in [6.45, 7) is 0. The molecule has 0 spiro atoms. The van der Waals surface area contributed by atoms with Crippen molar-refractivity contribution < 1.29 is 53.4 Å². The SMILES string of the molecule is COc1ccc(-c2cc(C(F)F)nn2-c2ccccc2S(N)(=O)=O)cc1F.NS(=O)(=O)c1ccc(-n2nc(C(F)F)cc2-c2ccccc2C(=O)O)cc1. The van der Waals surface area contributed by atoms with E-state index in [9.17, 15) is 48.7 Å². The number of aromatic carboxylic acids is 1. The van der Waals surface area contributed by atoms with E-state index in [-0.39, 0.29) is 55.0 Å². The van der Waals surface area contributed by atoms with Crippen LogP contribution in [0.15, 0.2) is 113 Å². The van der Waals surface area contributed by atoms with E-state index in [1.165, 1.54) is 86.0 Å². The average molecular weight is 791 g/mol. The summed E-state index contributed by atoms with van der Waals surface area (Å²) in [4.78, 5) is 11.0. The zero-order valence-electron chi connectivity index (χ0n) is 27.5. The first-order valence-corrected chi connectivity index (χ1v) is 18.2. The molecule has 5 N–H and O–H groups in total. The van der Waals surface area contributed by atoms with Gasteiger partial charge in [-0.25, -0.2) is 63.2 Å². The first-order chi connectivity index (χ1) is 25.4. The average Bonchev–Trinajstić information content (AvgIpc) is 3.78. The lowest BCUT2D eigenvalue weighted by molar-refractivity contribution is 0.0697. The lowest BCUT2D eigenvalue weighted by Crippen LogP contribution is -2.16. The van der Waals surface area contributed by atoms with Gasteiger partial charge in [0.1, 0.15) is 16.3 Å². The van der Waals surface area contributed by atoms with Gasteiger partial charge < -0.3 is 9.84 Å². The molecule has 282 valence electrons. The molecule has 4 aromatic carbocycles. The molecule has 0 atom stereocenters. The molecule has 13 nitrogen and oxygen atoms in total. The van der Waals surface area contributed by atoms with Gasteiger partial charge in [0.25, 0.3) is 12.9 Å². The van der Waals surface area contributed by atoms with Crippen LogP contribution in [0.4, 0.5) is 22.0 Å². The number of hydrogen-bond acceptors (Lipinski definition) is 8. The number of methoxy groups -OCH3 is 1. The van der Waals surface area contributed by atoms with Crippen LogP contribution >= 0.6 is 0 Å². The quantitative estimate of drug-likeness (QED) is 0.137. The minimum absolute atomic E-state index is 0.0242. The Labute approximate surface area is 303 Å². The fraction of sp³-hybridized carbons (Fsp3) is 0.0882. The number of sulfonamides is 2. The van der Waals surface area contributed by atoms with Crippen LogP contribution in [0.3, 0.4) is 0 Å². The van der Waals surface area contributed by atoms with Crippen molar-refractivity contribution >= 4 is 26.0 Å². The topological polar surface area (TPSA) is 202 Å². The molecule has 0 aliphatic rings. The molecule has 0 bridgehead atoms. The monoisotopic (exact) mass is 790 g/mol. The third-order valence-corrected chi connectivity index (χ3v) is 9.48. The lowest BCUT2D eigenvalue weighted by Gasteiger charge is -2.12. The van der Waals surface area contributed by atoms with Gasteiger partial charge in [0.2, 0.25) is 20.0 Å². The predicted octanol–water partition coefficient (Wildman–Crippen LogP) is 6.09. The number of ether oxygens (including phenoxy) is 1. The second-order valence-electron chi connectivity index (χ2n) is 11.1. The van der Waals surface area contributed by atoms with Crippen molar-refractivity contribution in [3.8, 4) is 39.6 Å². The van der Waals surface area contributed by atoms with Crippen LogP contribution in [-0.4, -0.2) is 54.6 Å². The second-order valence-corrected chi connectivity index (χ2v) is 14.2. The van der Waals surface area contributed by atoms with E-state index in [2.05, 4.69) is 10.2 Å². The highest BCUT2D eigenvalue weighted by Crippen LogP contribution is 2.33. The molecule has 6 rings (SSSR count). The van der Waals surface area contributed by atoms with Crippen molar-refractivity contribution in [2.75, 3.05) is 7.11 Å². The molecule has 0 aliphatic carbocycles. The summed E-state index contributed by atoms with van der Waals surface area (Å²) in [5, 5.41) is 27.3. The number of hydrogen-bond donors (Lipinski definition) is 3. The molecular formula is C34H27F5N6O7S2. The molecule has 6 aromatic rings. The number of aromatic nitrogens is 4. The summed E-state index contributed by atoms with van der Waals surface area (Å²) in [5.74, 6) is -1.95. The second kappa shape index (κ2) is 15.6. The van der Waals surface area contributed by atoms with Gasteiger partial charge in [0.15, 0.2) is 11.6 Å². The van der Waals surface area contributed by atoms with E-state index >= 15 is 0 Å². The number of alkyl halides is 4. The molecule has 2 heterocycles. The number of halogens is 5. The van der Waals surface area contributed by atoms with E-state index < -0.39 is 56.1 Å². The van der Waals surface area contributed by atoms with Crippen molar-refractivity contribution in [3.05, 3.63) is 126 Å². The number of carboxylic acid groups (broad SMARTS) is 1. The Morgan fingerprint density at radius 2 is 1.31 bits per heavy atom. The Kier molecular flexibility index (Phi) is 11.3. The highest BCUT2D eigenvalue weighted by atomic mass is 32.2. The molecular weight excluding hydrogens is 764 g/mol. The molecule has 0 amide bonds. The molecule has 0 fully saturated rings. The van der Waals surface area contributed by atoms with E-state index in [0.717, 1.165) is 27.6 Å². The maximum Gasteiger partial charge on any atom is 0.336 e. The summed E-state index contributed by atoms with van der Waals surface area (Å²) in [5.41, 5.74) is -0.374. The largest absolute Gasteiger partial charge is 0.494 e. The van der Waals surface area contributed by atoms with Crippen LogP contribution in [0.2, 0.25) is 0 Å². The molecule has 20 heteroatoms. The fourth-order valence-electron chi connectivity index (χ4n) is 5.16. The van der Waals surface area contributed by atoms with E-state index in [0.29, 0.717) is 0 Å². The number of nitrogens with two attached hydrogens (primary N) is 2. The molecule has 0 aliphatic heterocycles. The fourth-order valence-corrected chi connectivity index (χ4v) is 6.39. The van der Waals surface area contributed by atoms with Crippen molar-refractivity contribution in [1.82, 2.24) is 19.6 Å². The number of carbonyl (C=O) groups is 1. The van der Waals surface area contributed by atoms with Crippen molar-refractivity contribution in [3.63, 3.8) is 0 Å². The van der Waals surface area contributed by atoms with Gasteiger partial charge in [-0.15, -0.1) is 0 Å². The molecule has 0 saturated heterocycles. The van der Waals surface area contributed by atoms with E-state index in [4.69, 9.17) is 15.0 Å². The van der Waals surface area contributed by atoms with Crippen LogP contribution in [0.25, 0.3) is 33.9 Å².